The highest BCUT2D eigenvalue weighted by atomic mass is 32.2. The zero-order valence-corrected chi connectivity index (χ0v) is 36.2. The SMILES string of the molecule is CCCCCCCCCOC(=O)CCCCCCCN(CCCO)CC(CCCCCC(=O)OC(CCCCCCCC)CCCCCCCC)SO. The first-order valence-corrected chi connectivity index (χ1v) is 23.8. The summed E-state index contributed by atoms with van der Waals surface area (Å²) in [5.74, 6) is -0.0844. The van der Waals surface area contributed by atoms with Crippen LogP contribution < -0.4 is 0 Å². The van der Waals surface area contributed by atoms with Crippen LogP contribution >= 0.6 is 12.0 Å². The van der Waals surface area contributed by atoms with Crippen molar-refractivity contribution in [2.24, 2.45) is 0 Å². The van der Waals surface area contributed by atoms with Gasteiger partial charge >= 0.3 is 11.9 Å². The van der Waals surface area contributed by atoms with Crippen molar-refractivity contribution in [3.05, 3.63) is 0 Å². The van der Waals surface area contributed by atoms with E-state index in [1.165, 1.54) is 96.3 Å². The van der Waals surface area contributed by atoms with Crippen molar-refractivity contribution in [2.75, 3.05) is 32.8 Å². The standard InChI is InChI=1S/C45H89NO6S/c1-4-7-10-13-16-22-30-40-51-44(48)35-27-20-17-21-29-37-46(38-31-39-47)41-43(53-50)34-26-23-28-36-45(49)52-42(32-24-18-14-11-8-5-2)33-25-19-15-12-9-6-3/h42-43,47,50H,4-41H2,1-3H3. The number of aliphatic hydroxyl groups excluding tert-OH is 1. The number of rotatable bonds is 43. The van der Waals surface area contributed by atoms with Crippen LogP contribution in [0.4, 0.5) is 0 Å². The van der Waals surface area contributed by atoms with Crippen molar-refractivity contribution >= 4 is 24.0 Å². The highest BCUT2D eigenvalue weighted by Crippen LogP contribution is 2.20. The molecule has 0 bridgehead atoms. The van der Waals surface area contributed by atoms with Gasteiger partial charge < -0.3 is 24.0 Å². The van der Waals surface area contributed by atoms with Crippen molar-refractivity contribution in [2.45, 2.75) is 244 Å². The Hall–Kier alpha value is -0.830. The van der Waals surface area contributed by atoms with Crippen molar-refractivity contribution < 1.29 is 28.7 Å². The minimum atomic E-state index is -0.0510. The zero-order valence-electron chi connectivity index (χ0n) is 35.4. The van der Waals surface area contributed by atoms with Crippen molar-refractivity contribution in [1.82, 2.24) is 4.90 Å². The maximum Gasteiger partial charge on any atom is 0.306 e. The topological polar surface area (TPSA) is 96.3 Å². The Morgan fingerprint density at radius 2 is 0.962 bits per heavy atom. The van der Waals surface area contributed by atoms with Gasteiger partial charge in [0.25, 0.3) is 0 Å². The predicted octanol–water partition coefficient (Wildman–Crippen LogP) is 13.2. The van der Waals surface area contributed by atoms with Gasteiger partial charge in [-0.15, -0.1) is 0 Å². The van der Waals surface area contributed by atoms with E-state index in [2.05, 4.69) is 25.7 Å². The Morgan fingerprint density at radius 3 is 1.51 bits per heavy atom. The Bertz CT molecular complexity index is 755. The summed E-state index contributed by atoms with van der Waals surface area (Å²) in [6, 6.07) is 0. The fraction of sp³-hybridized carbons (Fsp3) is 0.956. The number of hydrogen-bond donors (Lipinski definition) is 2. The Morgan fingerprint density at radius 1 is 0.528 bits per heavy atom. The van der Waals surface area contributed by atoms with E-state index in [1.807, 2.05) is 0 Å². The average molecular weight is 772 g/mol. The molecule has 8 heteroatoms. The number of ether oxygens (including phenoxy) is 2. The van der Waals surface area contributed by atoms with Crippen molar-refractivity contribution in [3.8, 4) is 0 Å². The van der Waals surface area contributed by atoms with Crippen LogP contribution in [0, 0.1) is 0 Å². The van der Waals surface area contributed by atoms with E-state index < -0.39 is 0 Å². The molecule has 0 aromatic rings. The first-order chi connectivity index (χ1) is 26.0. The summed E-state index contributed by atoms with van der Waals surface area (Å²) in [5, 5.41) is 9.58. The van der Waals surface area contributed by atoms with Crippen LogP contribution in [0.5, 0.6) is 0 Å². The zero-order chi connectivity index (χ0) is 38.9. The van der Waals surface area contributed by atoms with E-state index >= 15 is 0 Å². The second-order valence-corrected chi connectivity index (χ2v) is 16.7. The minimum Gasteiger partial charge on any atom is -0.466 e. The molecule has 0 rings (SSSR count). The lowest BCUT2D eigenvalue weighted by molar-refractivity contribution is -0.150. The van der Waals surface area contributed by atoms with Crippen molar-refractivity contribution in [1.29, 1.82) is 0 Å². The number of carbonyl (C=O) groups excluding carboxylic acids is 2. The lowest BCUT2D eigenvalue weighted by Gasteiger charge is -2.26. The van der Waals surface area contributed by atoms with Gasteiger partial charge in [-0.3, -0.25) is 9.59 Å². The number of nitrogens with zero attached hydrogens (tertiary/aromatic N) is 1. The predicted molar refractivity (Wildman–Crippen MR) is 228 cm³/mol. The first kappa shape index (κ1) is 52.2. The highest BCUT2D eigenvalue weighted by Gasteiger charge is 2.17. The number of aliphatic hydroxyl groups is 1. The summed E-state index contributed by atoms with van der Waals surface area (Å²) in [6.45, 7) is 10.1. The molecule has 0 saturated heterocycles. The van der Waals surface area contributed by atoms with Crippen LogP contribution in [-0.4, -0.2) is 70.7 Å². The molecule has 0 fully saturated rings. The molecule has 0 aliphatic rings. The summed E-state index contributed by atoms with van der Waals surface area (Å²) in [4.78, 5) is 27.2. The minimum absolute atomic E-state index is 0.0334. The third-order valence-corrected chi connectivity index (χ3v) is 11.3. The normalized spacial score (nSPS) is 12.2. The van der Waals surface area contributed by atoms with Crippen LogP contribution in [0.2, 0.25) is 0 Å². The van der Waals surface area contributed by atoms with Gasteiger partial charge in [-0.05, 0) is 82.8 Å². The molecule has 0 heterocycles. The fourth-order valence-electron chi connectivity index (χ4n) is 7.14. The number of carbonyl (C=O) groups is 2. The van der Waals surface area contributed by atoms with Gasteiger partial charge in [0.1, 0.15) is 6.10 Å². The van der Waals surface area contributed by atoms with Crippen LogP contribution in [0.1, 0.15) is 233 Å². The van der Waals surface area contributed by atoms with Gasteiger partial charge in [0.2, 0.25) is 0 Å². The molecule has 0 aliphatic heterocycles. The highest BCUT2D eigenvalue weighted by molar-refractivity contribution is 7.94. The molecule has 1 atom stereocenters. The molecule has 53 heavy (non-hydrogen) atoms. The third-order valence-electron chi connectivity index (χ3n) is 10.6. The molecule has 0 radical (unpaired) electrons. The van der Waals surface area contributed by atoms with E-state index in [9.17, 15) is 19.2 Å². The van der Waals surface area contributed by atoms with E-state index in [-0.39, 0.29) is 29.9 Å². The van der Waals surface area contributed by atoms with Crippen LogP contribution in [0.3, 0.4) is 0 Å². The number of esters is 2. The average Bonchev–Trinajstić information content (AvgIpc) is 3.16. The molecular weight excluding hydrogens is 683 g/mol. The molecule has 0 amide bonds. The van der Waals surface area contributed by atoms with Gasteiger partial charge in [0.15, 0.2) is 0 Å². The van der Waals surface area contributed by atoms with E-state index in [4.69, 9.17) is 9.47 Å². The Kier molecular flexibility index (Phi) is 41.7. The quantitative estimate of drug-likeness (QED) is 0.0359. The molecule has 1 unspecified atom stereocenters. The maximum absolute atomic E-state index is 12.8. The summed E-state index contributed by atoms with van der Waals surface area (Å²) in [5.41, 5.74) is 0. The number of unbranched alkanes of at least 4 members (excludes halogenated alkanes) is 22. The second kappa shape index (κ2) is 42.3. The van der Waals surface area contributed by atoms with Gasteiger partial charge in [-0.2, -0.15) is 0 Å². The van der Waals surface area contributed by atoms with E-state index in [0.29, 0.717) is 19.4 Å². The van der Waals surface area contributed by atoms with Gasteiger partial charge in [0, 0.05) is 37.8 Å². The third kappa shape index (κ3) is 37.9. The van der Waals surface area contributed by atoms with Crippen LogP contribution in [-0.2, 0) is 19.1 Å². The van der Waals surface area contributed by atoms with Gasteiger partial charge in [-0.1, -0.05) is 156 Å². The summed E-state index contributed by atoms with van der Waals surface area (Å²) in [6.07, 6.45) is 36.6. The van der Waals surface area contributed by atoms with Gasteiger partial charge in [-0.25, -0.2) is 0 Å². The largest absolute Gasteiger partial charge is 0.466 e. The molecule has 0 aliphatic carbocycles. The smallest absolute Gasteiger partial charge is 0.306 e. The second-order valence-electron chi connectivity index (χ2n) is 15.8. The molecule has 2 N–H and O–H groups in total. The lowest BCUT2D eigenvalue weighted by Crippen LogP contribution is -2.33. The van der Waals surface area contributed by atoms with Crippen LogP contribution in [0.15, 0.2) is 0 Å². The summed E-state index contributed by atoms with van der Waals surface area (Å²) >= 11 is 0.957. The molecular formula is C45H89NO6S. The lowest BCUT2D eigenvalue weighted by atomic mass is 10.0. The fourth-order valence-corrected chi connectivity index (χ4v) is 7.69. The van der Waals surface area contributed by atoms with Gasteiger partial charge in [0.05, 0.1) is 6.61 Å². The summed E-state index contributed by atoms with van der Waals surface area (Å²) in [7, 11) is 0. The van der Waals surface area contributed by atoms with E-state index in [0.717, 1.165) is 134 Å². The Labute approximate surface area is 333 Å². The first-order valence-electron chi connectivity index (χ1n) is 23.0. The molecule has 316 valence electrons. The molecule has 7 nitrogen and oxygen atoms in total. The van der Waals surface area contributed by atoms with E-state index in [1.54, 1.807) is 0 Å². The molecule has 0 aromatic heterocycles. The van der Waals surface area contributed by atoms with Crippen molar-refractivity contribution in [3.63, 3.8) is 0 Å². The summed E-state index contributed by atoms with van der Waals surface area (Å²) < 4.78 is 21.5. The number of hydrogen-bond acceptors (Lipinski definition) is 8. The molecule has 0 spiro atoms. The Balaban J connectivity index is 4.26. The maximum atomic E-state index is 12.8. The molecule has 0 aromatic carbocycles. The monoisotopic (exact) mass is 772 g/mol. The van der Waals surface area contributed by atoms with Crippen LogP contribution in [0.25, 0.3) is 0 Å². The molecule has 0 saturated carbocycles.